The SMILES string of the molecule is C=C/C(=C\C=C/C)c1ccc(C2=NC(c3ccccc3)=CC(N3C4=CC=C5CC=CCCC5C4c4ccc(C)cc43)N2C)cc1. The highest BCUT2D eigenvalue weighted by Crippen LogP contribution is 2.54. The van der Waals surface area contributed by atoms with Gasteiger partial charge in [-0.1, -0.05) is 121 Å². The van der Waals surface area contributed by atoms with Crippen molar-refractivity contribution in [3.8, 4) is 0 Å². The monoisotopic (exact) mass is 587 g/mol. The minimum Gasteiger partial charge on any atom is -0.335 e. The van der Waals surface area contributed by atoms with E-state index in [0.717, 1.165) is 46.6 Å². The fourth-order valence-corrected chi connectivity index (χ4v) is 7.38. The Kier molecular flexibility index (Phi) is 7.85. The first-order valence-electron chi connectivity index (χ1n) is 16.2. The number of rotatable bonds is 6. The topological polar surface area (TPSA) is 18.8 Å². The maximum absolute atomic E-state index is 5.32. The van der Waals surface area contributed by atoms with E-state index in [0.29, 0.717) is 11.8 Å². The van der Waals surface area contributed by atoms with Crippen molar-refractivity contribution in [3.63, 3.8) is 0 Å². The molecule has 0 spiro atoms. The van der Waals surface area contributed by atoms with E-state index in [2.05, 4.69) is 146 Å². The molecule has 45 heavy (non-hydrogen) atoms. The van der Waals surface area contributed by atoms with Gasteiger partial charge in [-0.05, 0) is 79.5 Å². The van der Waals surface area contributed by atoms with Crippen molar-refractivity contribution in [3.05, 3.63) is 173 Å². The number of benzene rings is 3. The van der Waals surface area contributed by atoms with Gasteiger partial charge in [0.05, 0.1) is 5.70 Å². The highest BCUT2D eigenvalue weighted by Gasteiger charge is 2.45. The fourth-order valence-electron chi connectivity index (χ4n) is 7.38. The number of hydrogen-bond acceptors (Lipinski definition) is 3. The van der Waals surface area contributed by atoms with Gasteiger partial charge >= 0.3 is 0 Å². The van der Waals surface area contributed by atoms with Crippen LogP contribution in [0, 0.1) is 12.8 Å². The summed E-state index contributed by atoms with van der Waals surface area (Å²) in [4.78, 5) is 10.3. The Morgan fingerprint density at radius 3 is 2.56 bits per heavy atom. The van der Waals surface area contributed by atoms with Crippen molar-refractivity contribution in [2.75, 3.05) is 11.9 Å². The van der Waals surface area contributed by atoms with Gasteiger partial charge in [-0.3, -0.25) is 0 Å². The average Bonchev–Trinajstić information content (AvgIpc) is 3.20. The minimum atomic E-state index is -0.0404. The maximum Gasteiger partial charge on any atom is 0.138 e. The normalized spacial score (nSPS) is 22.6. The van der Waals surface area contributed by atoms with Crippen LogP contribution in [0.3, 0.4) is 0 Å². The second-order valence-corrected chi connectivity index (χ2v) is 12.4. The average molecular weight is 588 g/mol. The molecule has 3 unspecified atom stereocenters. The second kappa shape index (κ2) is 12.2. The molecular weight excluding hydrogens is 546 g/mol. The van der Waals surface area contributed by atoms with E-state index in [4.69, 9.17) is 4.99 Å². The Labute approximate surface area is 268 Å². The third-order valence-electron chi connectivity index (χ3n) is 9.65. The molecule has 0 saturated carbocycles. The number of anilines is 1. The number of hydrogen-bond donors (Lipinski definition) is 0. The summed E-state index contributed by atoms with van der Waals surface area (Å²) >= 11 is 0. The molecular formula is C42H41N3. The molecule has 4 aliphatic rings. The van der Waals surface area contributed by atoms with E-state index < -0.39 is 0 Å². The van der Waals surface area contributed by atoms with Crippen LogP contribution in [0.4, 0.5) is 5.69 Å². The van der Waals surface area contributed by atoms with Crippen molar-refractivity contribution in [2.45, 2.75) is 45.2 Å². The summed E-state index contributed by atoms with van der Waals surface area (Å²) in [6, 6.07) is 26.4. The lowest BCUT2D eigenvalue weighted by Crippen LogP contribution is -2.49. The van der Waals surface area contributed by atoms with Gasteiger partial charge in [0.15, 0.2) is 0 Å². The molecule has 3 nitrogen and oxygen atoms in total. The largest absolute Gasteiger partial charge is 0.335 e. The van der Waals surface area contributed by atoms with Crippen molar-refractivity contribution >= 4 is 22.8 Å². The molecule has 7 rings (SSSR count). The quantitative estimate of drug-likeness (QED) is 0.211. The summed E-state index contributed by atoms with van der Waals surface area (Å²) < 4.78 is 0. The van der Waals surface area contributed by atoms with Crippen LogP contribution in [0.1, 0.15) is 59.9 Å². The van der Waals surface area contributed by atoms with E-state index in [1.54, 1.807) is 5.57 Å². The van der Waals surface area contributed by atoms with Crippen molar-refractivity contribution < 1.29 is 0 Å². The van der Waals surface area contributed by atoms with Crippen LogP contribution >= 0.6 is 0 Å². The molecule has 0 bridgehead atoms. The zero-order valence-corrected chi connectivity index (χ0v) is 26.5. The Bertz CT molecular complexity index is 1830. The van der Waals surface area contributed by atoms with Gasteiger partial charge < -0.3 is 9.80 Å². The summed E-state index contributed by atoms with van der Waals surface area (Å²) in [6.07, 6.45) is 23.3. The van der Waals surface area contributed by atoms with Gasteiger partial charge in [-0.25, -0.2) is 4.99 Å². The van der Waals surface area contributed by atoms with E-state index in [-0.39, 0.29) is 6.17 Å². The van der Waals surface area contributed by atoms with Gasteiger partial charge in [0.1, 0.15) is 12.0 Å². The van der Waals surface area contributed by atoms with Gasteiger partial charge in [0.2, 0.25) is 0 Å². The highest BCUT2D eigenvalue weighted by molar-refractivity contribution is 6.04. The minimum absolute atomic E-state index is 0.0404. The first-order chi connectivity index (χ1) is 22.1. The highest BCUT2D eigenvalue weighted by atomic mass is 15.4. The number of likely N-dealkylation sites (N-methyl/N-ethyl adjacent to an activating group) is 1. The standard InChI is InChI=1S/C42H41N3/c1-5-7-14-30(6-2)31-20-22-34(23-21-31)42-43-37(33-16-11-8-12-17-33)28-40(44(42)4)45-38-26-24-32-15-10-9-13-18-35(32)41(38)36-25-19-29(3)27-39(36)45/h5-12,14,16-17,19-28,35,40-41H,2,13,15,18H2,1,3-4H3/b7-5-,30-14+. The van der Waals surface area contributed by atoms with Gasteiger partial charge in [-0.2, -0.15) is 0 Å². The third-order valence-corrected chi connectivity index (χ3v) is 9.65. The molecule has 3 heteroatoms. The molecule has 0 saturated heterocycles. The van der Waals surface area contributed by atoms with Crippen molar-refractivity contribution in [1.82, 2.24) is 4.90 Å². The number of nitrogens with zero attached hydrogens (tertiary/aromatic N) is 3. The van der Waals surface area contributed by atoms with Crippen LogP contribution in [-0.2, 0) is 0 Å². The first-order valence-corrected chi connectivity index (χ1v) is 16.2. The molecule has 224 valence electrons. The van der Waals surface area contributed by atoms with E-state index in [1.807, 2.05) is 19.1 Å². The first kappa shape index (κ1) is 28.9. The molecule has 3 aromatic carbocycles. The molecule has 3 aromatic rings. The molecule has 3 atom stereocenters. The summed E-state index contributed by atoms with van der Waals surface area (Å²) in [5.74, 6) is 1.85. The van der Waals surface area contributed by atoms with Crippen LogP contribution in [0.2, 0.25) is 0 Å². The number of allylic oxidation sites excluding steroid dienone is 11. The van der Waals surface area contributed by atoms with Crippen LogP contribution in [0.15, 0.2) is 150 Å². The Morgan fingerprint density at radius 2 is 1.78 bits per heavy atom. The second-order valence-electron chi connectivity index (χ2n) is 12.4. The number of aryl methyl sites for hydroxylation is 1. The van der Waals surface area contributed by atoms with E-state index in [9.17, 15) is 0 Å². The molecule has 0 N–H and O–H groups in total. The number of fused-ring (bicyclic) bond motifs is 5. The molecule has 2 aliphatic heterocycles. The van der Waals surface area contributed by atoms with Crippen molar-refractivity contribution in [1.29, 1.82) is 0 Å². The molecule has 0 radical (unpaired) electrons. The summed E-state index contributed by atoms with van der Waals surface area (Å²) in [5, 5.41) is 0. The van der Waals surface area contributed by atoms with Crippen LogP contribution in [-0.4, -0.2) is 23.9 Å². The molecule has 2 aliphatic carbocycles. The third kappa shape index (κ3) is 5.27. The van der Waals surface area contributed by atoms with Gasteiger partial charge in [0, 0.05) is 35.5 Å². The smallest absolute Gasteiger partial charge is 0.138 e. The van der Waals surface area contributed by atoms with E-state index in [1.165, 1.54) is 28.9 Å². The zero-order chi connectivity index (χ0) is 30.9. The summed E-state index contributed by atoms with van der Waals surface area (Å²) in [6.45, 7) is 8.28. The lowest BCUT2D eigenvalue weighted by Gasteiger charge is -2.42. The fraction of sp³-hybridized carbons (Fsp3) is 0.214. The van der Waals surface area contributed by atoms with Crippen molar-refractivity contribution in [2.24, 2.45) is 10.9 Å². The van der Waals surface area contributed by atoms with Crippen LogP contribution in [0.25, 0.3) is 11.3 Å². The van der Waals surface area contributed by atoms with E-state index >= 15 is 0 Å². The summed E-state index contributed by atoms with van der Waals surface area (Å²) in [7, 11) is 2.19. The van der Waals surface area contributed by atoms with Crippen LogP contribution < -0.4 is 4.90 Å². The Hall–Kier alpha value is -4.89. The predicted molar refractivity (Wildman–Crippen MR) is 191 cm³/mol. The maximum atomic E-state index is 5.32. The van der Waals surface area contributed by atoms with Gasteiger partial charge in [-0.15, -0.1) is 0 Å². The molecule has 0 fully saturated rings. The Balaban J connectivity index is 1.35. The molecule has 2 heterocycles. The zero-order valence-electron chi connectivity index (χ0n) is 26.5. The Morgan fingerprint density at radius 1 is 0.956 bits per heavy atom. The van der Waals surface area contributed by atoms with Gasteiger partial charge in [0.25, 0.3) is 0 Å². The molecule has 0 amide bonds. The number of aliphatic imine (C=N–C) groups is 1. The predicted octanol–water partition coefficient (Wildman–Crippen LogP) is 9.98. The lowest BCUT2D eigenvalue weighted by molar-refractivity contribution is 0.409. The summed E-state index contributed by atoms with van der Waals surface area (Å²) in [5.41, 5.74) is 12.5. The lowest BCUT2D eigenvalue weighted by atomic mass is 9.75. The number of amidine groups is 1. The molecule has 0 aromatic heterocycles. The van der Waals surface area contributed by atoms with Crippen LogP contribution in [0.5, 0.6) is 0 Å².